The Kier molecular flexibility index (Phi) is 4.55. The number of fused-ring (bicyclic) bond motifs is 2. The minimum Gasteiger partial charge on any atom is -0.486 e. The molecule has 5 nitrogen and oxygen atoms in total. The predicted molar refractivity (Wildman–Crippen MR) is 91.8 cm³/mol. The molecule has 0 bridgehead atoms. The lowest BCUT2D eigenvalue weighted by Gasteiger charge is -2.23. The Morgan fingerprint density at radius 1 is 1.17 bits per heavy atom. The predicted octanol–water partition coefficient (Wildman–Crippen LogP) is 2.11. The Morgan fingerprint density at radius 3 is 2.62 bits per heavy atom. The number of hydrogen-bond donors (Lipinski definition) is 1. The van der Waals surface area contributed by atoms with Gasteiger partial charge >= 0.3 is 0 Å². The number of nitrogens with one attached hydrogen (secondary N) is 1. The maximum absolute atomic E-state index is 12.7. The van der Waals surface area contributed by atoms with Gasteiger partial charge in [0.25, 0.3) is 0 Å². The van der Waals surface area contributed by atoms with Crippen LogP contribution in [0.25, 0.3) is 0 Å². The number of hydrogen-bond acceptors (Lipinski definition) is 4. The van der Waals surface area contributed by atoms with Gasteiger partial charge in [0.1, 0.15) is 13.2 Å². The molecule has 1 N–H and O–H groups in total. The molecule has 1 aromatic carbocycles. The lowest BCUT2D eigenvalue weighted by Crippen LogP contribution is -2.34. The van der Waals surface area contributed by atoms with Crippen molar-refractivity contribution in [1.82, 2.24) is 10.2 Å². The van der Waals surface area contributed by atoms with Crippen LogP contribution in [0.4, 0.5) is 0 Å². The first-order valence-electron chi connectivity index (χ1n) is 8.77. The van der Waals surface area contributed by atoms with Crippen molar-refractivity contribution in [3.05, 3.63) is 22.7 Å². The lowest BCUT2D eigenvalue weighted by molar-refractivity contribution is -0.130. The molecule has 6 heteroatoms. The highest BCUT2D eigenvalue weighted by Crippen LogP contribution is 2.38. The fourth-order valence-corrected chi connectivity index (χ4v) is 4.31. The van der Waals surface area contributed by atoms with Crippen LogP contribution in [0.5, 0.6) is 11.5 Å². The van der Waals surface area contributed by atoms with Crippen LogP contribution >= 0.6 is 11.6 Å². The quantitative estimate of drug-likeness (QED) is 0.887. The molecule has 3 heterocycles. The minimum atomic E-state index is 0.177. The fraction of sp³-hybridized carbons (Fsp3) is 0.611. The summed E-state index contributed by atoms with van der Waals surface area (Å²) < 4.78 is 11.1. The van der Waals surface area contributed by atoms with E-state index in [1.807, 2.05) is 17.0 Å². The van der Waals surface area contributed by atoms with Crippen LogP contribution in [0.1, 0.15) is 18.4 Å². The van der Waals surface area contributed by atoms with Crippen molar-refractivity contribution in [2.45, 2.75) is 19.3 Å². The minimum absolute atomic E-state index is 0.177. The Hall–Kier alpha value is -1.46. The van der Waals surface area contributed by atoms with Crippen LogP contribution in [-0.4, -0.2) is 50.2 Å². The zero-order chi connectivity index (χ0) is 16.5. The summed E-state index contributed by atoms with van der Waals surface area (Å²) in [6, 6.07) is 3.71. The Bertz CT molecular complexity index is 623. The Labute approximate surface area is 147 Å². The maximum atomic E-state index is 12.7. The van der Waals surface area contributed by atoms with Crippen LogP contribution < -0.4 is 14.8 Å². The number of amides is 1. The monoisotopic (exact) mass is 350 g/mol. The highest BCUT2D eigenvalue weighted by molar-refractivity contribution is 6.32. The molecule has 4 rings (SSSR count). The number of carbonyl (C=O) groups is 1. The molecule has 130 valence electrons. The summed E-state index contributed by atoms with van der Waals surface area (Å²) in [7, 11) is 0. The van der Waals surface area contributed by atoms with Gasteiger partial charge in [-0.15, -0.1) is 0 Å². The molecule has 0 aliphatic carbocycles. The average Bonchev–Trinajstić information content (AvgIpc) is 2.93. The molecule has 0 unspecified atom stereocenters. The van der Waals surface area contributed by atoms with Gasteiger partial charge in [-0.25, -0.2) is 0 Å². The van der Waals surface area contributed by atoms with E-state index in [9.17, 15) is 4.79 Å². The number of carbonyl (C=O) groups excluding carboxylic acids is 1. The van der Waals surface area contributed by atoms with E-state index in [-0.39, 0.29) is 5.91 Å². The van der Waals surface area contributed by atoms with Gasteiger partial charge in [-0.2, -0.15) is 0 Å². The number of ether oxygens (including phenoxy) is 2. The first-order chi connectivity index (χ1) is 11.7. The molecule has 0 spiro atoms. The number of likely N-dealkylation sites (tertiary alicyclic amines) is 1. The highest BCUT2D eigenvalue weighted by Gasteiger charge is 2.31. The van der Waals surface area contributed by atoms with Crippen molar-refractivity contribution in [2.75, 3.05) is 39.4 Å². The normalized spacial score (nSPS) is 26.0. The van der Waals surface area contributed by atoms with E-state index < -0.39 is 0 Å². The van der Waals surface area contributed by atoms with Gasteiger partial charge in [0.2, 0.25) is 5.91 Å². The van der Waals surface area contributed by atoms with Crippen LogP contribution in [-0.2, 0) is 11.2 Å². The van der Waals surface area contributed by atoms with Gasteiger partial charge in [0.05, 0.1) is 11.4 Å². The van der Waals surface area contributed by atoms with E-state index in [0.717, 1.165) is 56.4 Å². The largest absolute Gasteiger partial charge is 0.486 e. The fourth-order valence-electron chi connectivity index (χ4n) is 4.02. The molecule has 1 amide bonds. The van der Waals surface area contributed by atoms with E-state index >= 15 is 0 Å². The second-order valence-electron chi connectivity index (χ2n) is 6.92. The van der Waals surface area contributed by atoms with E-state index in [4.69, 9.17) is 21.1 Å². The second kappa shape index (κ2) is 6.81. The standard InChI is InChI=1S/C18H23ClN2O3/c19-15-7-12(8-16-18(15)24-6-5-23-16)9-17(22)21-3-1-13-10-20-11-14(13)2-4-21/h7-8,13-14,20H,1-6,9-11H2/t13-,14+. The molecule has 2 atom stereocenters. The van der Waals surface area contributed by atoms with Crippen molar-refractivity contribution in [2.24, 2.45) is 11.8 Å². The number of benzene rings is 1. The molecular formula is C18H23ClN2O3. The van der Waals surface area contributed by atoms with Crippen LogP contribution in [0.15, 0.2) is 12.1 Å². The summed E-state index contributed by atoms with van der Waals surface area (Å²) in [5.74, 6) is 2.87. The molecule has 1 aromatic rings. The highest BCUT2D eigenvalue weighted by atomic mass is 35.5. The van der Waals surface area contributed by atoms with Crippen molar-refractivity contribution in [3.8, 4) is 11.5 Å². The summed E-state index contributed by atoms with van der Waals surface area (Å²) >= 11 is 6.27. The van der Waals surface area contributed by atoms with Crippen molar-refractivity contribution in [1.29, 1.82) is 0 Å². The first kappa shape index (κ1) is 16.0. The van der Waals surface area contributed by atoms with Crippen molar-refractivity contribution in [3.63, 3.8) is 0 Å². The third kappa shape index (κ3) is 3.20. The summed E-state index contributed by atoms with van der Waals surface area (Å²) in [4.78, 5) is 14.7. The van der Waals surface area contributed by atoms with Gasteiger partial charge in [0, 0.05) is 13.1 Å². The zero-order valence-electron chi connectivity index (χ0n) is 13.7. The van der Waals surface area contributed by atoms with Gasteiger partial charge in [0.15, 0.2) is 11.5 Å². The smallest absolute Gasteiger partial charge is 0.226 e. The summed E-state index contributed by atoms with van der Waals surface area (Å²) in [6.07, 6.45) is 2.57. The summed E-state index contributed by atoms with van der Waals surface area (Å²) in [6.45, 7) is 4.95. The molecule has 3 aliphatic rings. The molecule has 0 saturated carbocycles. The van der Waals surface area contributed by atoms with Gasteiger partial charge < -0.3 is 19.7 Å². The Morgan fingerprint density at radius 2 is 1.88 bits per heavy atom. The number of rotatable bonds is 2. The van der Waals surface area contributed by atoms with E-state index in [1.165, 1.54) is 0 Å². The first-order valence-corrected chi connectivity index (χ1v) is 9.15. The van der Waals surface area contributed by atoms with E-state index in [0.29, 0.717) is 36.2 Å². The second-order valence-corrected chi connectivity index (χ2v) is 7.32. The van der Waals surface area contributed by atoms with Crippen LogP contribution in [0, 0.1) is 11.8 Å². The summed E-state index contributed by atoms with van der Waals surface area (Å²) in [5.41, 5.74) is 0.889. The lowest BCUT2D eigenvalue weighted by atomic mass is 9.92. The van der Waals surface area contributed by atoms with Gasteiger partial charge in [-0.3, -0.25) is 4.79 Å². The zero-order valence-corrected chi connectivity index (χ0v) is 14.5. The van der Waals surface area contributed by atoms with E-state index in [2.05, 4.69) is 5.32 Å². The topological polar surface area (TPSA) is 50.8 Å². The molecule has 24 heavy (non-hydrogen) atoms. The maximum Gasteiger partial charge on any atom is 0.226 e. The molecule has 3 aliphatic heterocycles. The third-order valence-corrected chi connectivity index (χ3v) is 5.66. The van der Waals surface area contributed by atoms with Crippen molar-refractivity contribution < 1.29 is 14.3 Å². The van der Waals surface area contributed by atoms with Gasteiger partial charge in [-0.1, -0.05) is 11.6 Å². The average molecular weight is 351 g/mol. The van der Waals surface area contributed by atoms with E-state index in [1.54, 1.807) is 0 Å². The number of nitrogens with zero attached hydrogens (tertiary/aromatic N) is 1. The van der Waals surface area contributed by atoms with Gasteiger partial charge in [-0.05, 0) is 55.5 Å². The molecule has 0 radical (unpaired) electrons. The molecule has 2 fully saturated rings. The molecular weight excluding hydrogens is 328 g/mol. The van der Waals surface area contributed by atoms with Crippen LogP contribution in [0.2, 0.25) is 5.02 Å². The SMILES string of the molecule is O=C(Cc1cc(Cl)c2c(c1)OCCO2)N1CC[C@@H]2CNC[C@@H]2CC1. The molecule has 2 saturated heterocycles. The Balaban J connectivity index is 1.43. The van der Waals surface area contributed by atoms with Crippen molar-refractivity contribution >= 4 is 17.5 Å². The molecule has 0 aromatic heterocycles. The number of halogens is 1. The third-order valence-electron chi connectivity index (χ3n) is 5.38. The van der Waals surface area contributed by atoms with Crippen LogP contribution in [0.3, 0.4) is 0 Å². The summed E-state index contributed by atoms with van der Waals surface area (Å²) in [5, 5.41) is 3.99.